The van der Waals surface area contributed by atoms with Gasteiger partial charge in [-0.15, -0.1) is 0 Å². The fraction of sp³-hybridized carbons (Fsp3) is 0.222. The molecule has 0 bridgehead atoms. The number of nitrogens with one attached hydrogen (secondary N) is 1. The van der Waals surface area contributed by atoms with Crippen LogP contribution in [0.3, 0.4) is 0 Å². The van der Waals surface area contributed by atoms with Crippen molar-refractivity contribution < 1.29 is 4.79 Å². The molecule has 3 nitrogen and oxygen atoms in total. The molecule has 1 amide bonds. The van der Waals surface area contributed by atoms with Crippen LogP contribution in [0.4, 0.5) is 5.69 Å². The van der Waals surface area contributed by atoms with E-state index < -0.39 is 0 Å². The number of likely N-dealkylation sites (tertiary alicyclic amines) is 1. The lowest BCUT2D eigenvalue weighted by Gasteiger charge is -2.39. The zero-order valence-electron chi connectivity index (χ0n) is 17.1. The molecular formula is C27H23ClN2O. The molecule has 0 aliphatic carbocycles. The number of benzene rings is 4. The van der Waals surface area contributed by atoms with Crippen LogP contribution >= 0.6 is 11.6 Å². The first-order valence-corrected chi connectivity index (χ1v) is 11.3. The second kappa shape index (κ2) is 7.28. The first-order chi connectivity index (χ1) is 15.2. The number of carbonyl (C=O) groups excluding carboxylic acids is 1. The van der Waals surface area contributed by atoms with E-state index in [9.17, 15) is 4.79 Å². The predicted molar refractivity (Wildman–Crippen MR) is 128 cm³/mol. The number of fused-ring (bicyclic) bond motifs is 4. The summed E-state index contributed by atoms with van der Waals surface area (Å²) in [6.45, 7) is 0.820. The molecule has 2 atom stereocenters. The van der Waals surface area contributed by atoms with Crippen LogP contribution in [0.2, 0.25) is 5.02 Å². The monoisotopic (exact) mass is 426 g/mol. The molecule has 1 fully saturated rings. The maximum Gasteiger partial charge on any atom is 0.223 e. The number of hydrogen-bond acceptors (Lipinski definition) is 2. The fourth-order valence-electron chi connectivity index (χ4n) is 5.41. The van der Waals surface area contributed by atoms with Gasteiger partial charge >= 0.3 is 0 Å². The van der Waals surface area contributed by atoms with Gasteiger partial charge in [0.05, 0.1) is 12.1 Å². The molecule has 154 valence electrons. The van der Waals surface area contributed by atoms with Gasteiger partial charge in [-0.1, -0.05) is 60.1 Å². The highest BCUT2D eigenvalue weighted by Crippen LogP contribution is 2.46. The molecule has 0 saturated carbocycles. The van der Waals surface area contributed by atoms with E-state index in [4.69, 9.17) is 11.6 Å². The normalized spacial score (nSPS) is 20.8. The van der Waals surface area contributed by atoms with Gasteiger partial charge in [-0.25, -0.2) is 0 Å². The highest BCUT2D eigenvalue weighted by atomic mass is 35.5. The summed E-state index contributed by atoms with van der Waals surface area (Å²) in [7, 11) is 0. The molecule has 4 aromatic carbocycles. The predicted octanol–water partition coefficient (Wildman–Crippen LogP) is 6.87. The number of halogens is 1. The minimum absolute atomic E-state index is 0.0418. The molecule has 2 aliphatic rings. The van der Waals surface area contributed by atoms with Crippen molar-refractivity contribution in [2.75, 3.05) is 11.9 Å². The van der Waals surface area contributed by atoms with Crippen LogP contribution in [0.5, 0.6) is 0 Å². The number of amides is 1. The van der Waals surface area contributed by atoms with Crippen molar-refractivity contribution in [1.29, 1.82) is 0 Å². The van der Waals surface area contributed by atoms with E-state index in [2.05, 4.69) is 70.9 Å². The Morgan fingerprint density at radius 2 is 1.65 bits per heavy atom. The lowest BCUT2D eigenvalue weighted by Crippen LogP contribution is -2.35. The molecular weight excluding hydrogens is 404 g/mol. The minimum Gasteiger partial charge on any atom is -0.378 e. The number of carbonyl (C=O) groups is 1. The minimum atomic E-state index is 0.0418. The first kappa shape index (κ1) is 18.7. The summed E-state index contributed by atoms with van der Waals surface area (Å²) in [5.41, 5.74) is 3.48. The molecule has 4 heteroatoms. The molecule has 2 aliphatic heterocycles. The topological polar surface area (TPSA) is 32.3 Å². The van der Waals surface area contributed by atoms with E-state index >= 15 is 0 Å². The first-order valence-electron chi connectivity index (χ1n) is 10.9. The van der Waals surface area contributed by atoms with Crippen LogP contribution in [0.1, 0.15) is 42.5 Å². The van der Waals surface area contributed by atoms with E-state index in [1.165, 1.54) is 27.1 Å². The van der Waals surface area contributed by atoms with Crippen LogP contribution in [-0.4, -0.2) is 17.4 Å². The number of rotatable bonds is 2. The van der Waals surface area contributed by atoms with Gasteiger partial charge in [-0.05, 0) is 69.8 Å². The van der Waals surface area contributed by atoms with Gasteiger partial charge in [0.25, 0.3) is 0 Å². The third-order valence-electron chi connectivity index (χ3n) is 6.82. The van der Waals surface area contributed by atoms with Crippen LogP contribution in [0, 0.1) is 0 Å². The smallest absolute Gasteiger partial charge is 0.223 e. The summed E-state index contributed by atoms with van der Waals surface area (Å²) in [5.74, 6) is 0.250. The van der Waals surface area contributed by atoms with Gasteiger partial charge in [0.2, 0.25) is 5.91 Å². The SMILES string of the molecule is O=C1CCCN1[C@H]1C[C@@H](c2cc3ccccc3c3ccccc23)Nc2ccc(Cl)cc21. The van der Waals surface area contributed by atoms with Crippen LogP contribution < -0.4 is 5.32 Å². The Labute approximate surface area is 186 Å². The van der Waals surface area contributed by atoms with Gasteiger partial charge in [0.15, 0.2) is 0 Å². The van der Waals surface area contributed by atoms with Crippen LogP contribution in [0.15, 0.2) is 72.8 Å². The summed E-state index contributed by atoms with van der Waals surface area (Å²) < 4.78 is 0. The molecule has 31 heavy (non-hydrogen) atoms. The third kappa shape index (κ3) is 3.07. The fourth-order valence-corrected chi connectivity index (χ4v) is 5.59. The summed E-state index contributed by atoms with van der Waals surface area (Å²) >= 11 is 6.35. The molecule has 0 aromatic heterocycles. The molecule has 0 radical (unpaired) electrons. The van der Waals surface area contributed by atoms with Crippen LogP contribution in [0.25, 0.3) is 21.5 Å². The summed E-state index contributed by atoms with van der Waals surface area (Å²) in [4.78, 5) is 14.7. The lowest BCUT2D eigenvalue weighted by molar-refractivity contribution is -0.130. The Kier molecular flexibility index (Phi) is 4.39. The van der Waals surface area contributed by atoms with E-state index in [0.29, 0.717) is 11.4 Å². The molecule has 0 unspecified atom stereocenters. The van der Waals surface area contributed by atoms with E-state index in [1.54, 1.807) is 0 Å². The standard InChI is InChI=1S/C27H23ClN2O/c28-18-11-12-24-23(15-18)26(30-13-5-10-27(30)31)16-25(29-24)22-14-17-6-1-2-7-19(17)20-8-3-4-9-21(20)22/h1-4,6-9,11-12,14-15,25-26,29H,5,10,13,16H2/t25-,26-/m0/s1. The van der Waals surface area contributed by atoms with Gasteiger partial charge in [0, 0.05) is 23.7 Å². The zero-order valence-corrected chi connectivity index (χ0v) is 17.9. The Morgan fingerprint density at radius 3 is 2.45 bits per heavy atom. The van der Waals surface area contributed by atoms with Gasteiger partial charge in [-0.2, -0.15) is 0 Å². The Morgan fingerprint density at radius 1 is 0.871 bits per heavy atom. The van der Waals surface area contributed by atoms with Gasteiger partial charge in [-0.3, -0.25) is 4.79 Å². The highest BCUT2D eigenvalue weighted by molar-refractivity contribution is 6.30. The Balaban J connectivity index is 1.53. The van der Waals surface area contributed by atoms with Crippen molar-refractivity contribution in [3.05, 3.63) is 88.9 Å². The lowest BCUT2D eigenvalue weighted by atomic mass is 9.85. The number of hydrogen-bond donors (Lipinski definition) is 1. The van der Waals surface area contributed by atoms with Crippen molar-refractivity contribution in [2.45, 2.75) is 31.3 Å². The van der Waals surface area contributed by atoms with Crippen LogP contribution in [-0.2, 0) is 4.79 Å². The Bertz CT molecular complexity index is 1330. The summed E-state index contributed by atoms with van der Waals surface area (Å²) in [5, 5.41) is 9.54. The molecule has 1 saturated heterocycles. The van der Waals surface area contributed by atoms with E-state index in [-0.39, 0.29) is 18.0 Å². The second-order valence-corrected chi connectivity index (χ2v) is 9.04. The van der Waals surface area contributed by atoms with Crippen molar-refractivity contribution in [3.63, 3.8) is 0 Å². The largest absolute Gasteiger partial charge is 0.378 e. The summed E-state index contributed by atoms with van der Waals surface area (Å²) in [6.07, 6.45) is 2.41. The zero-order chi connectivity index (χ0) is 20.9. The molecule has 1 N–H and O–H groups in total. The molecule has 0 spiro atoms. The van der Waals surface area contributed by atoms with Crippen molar-refractivity contribution in [2.24, 2.45) is 0 Å². The maximum absolute atomic E-state index is 12.7. The van der Waals surface area contributed by atoms with Gasteiger partial charge < -0.3 is 10.2 Å². The van der Waals surface area contributed by atoms with Crippen molar-refractivity contribution in [3.8, 4) is 0 Å². The Hall–Kier alpha value is -3.04. The molecule has 2 heterocycles. The second-order valence-electron chi connectivity index (χ2n) is 8.60. The van der Waals surface area contributed by atoms with Crippen molar-refractivity contribution >= 4 is 44.7 Å². The average molecular weight is 427 g/mol. The quantitative estimate of drug-likeness (QED) is 0.355. The number of anilines is 1. The third-order valence-corrected chi connectivity index (χ3v) is 7.06. The highest BCUT2D eigenvalue weighted by Gasteiger charge is 2.36. The summed E-state index contributed by atoms with van der Waals surface area (Å²) in [6, 6.07) is 25.7. The van der Waals surface area contributed by atoms with E-state index in [1.807, 2.05) is 12.1 Å². The maximum atomic E-state index is 12.7. The van der Waals surface area contributed by atoms with Gasteiger partial charge in [0.1, 0.15) is 0 Å². The molecule has 4 aromatic rings. The van der Waals surface area contributed by atoms with E-state index in [0.717, 1.165) is 30.6 Å². The molecule has 6 rings (SSSR count). The average Bonchev–Trinajstić information content (AvgIpc) is 3.23. The van der Waals surface area contributed by atoms with Crippen molar-refractivity contribution in [1.82, 2.24) is 4.90 Å². The number of nitrogens with zero attached hydrogens (tertiary/aromatic N) is 1.